The Bertz CT molecular complexity index is 2600. The fourth-order valence-corrected chi connectivity index (χ4v) is 8.87. The van der Waals surface area contributed by atoms with Crippen LogP contribution in [0.3, 0.4) is 0 Å². The second-order valence-electron chi connectivity index (χ2n) is 17.9. The summed E-state index contributed by atoms with van der Waals surface area (Å²) in [6, 6.07) is 27.2. The summed E-state index contributed by atoms with van der Waals surface area (Å²) in [5.74, 6) is -2.10. The molecular weight excluding hydrogens is 1450 g/mol. The number of benzene rings is 5. The largest absolute Gasteiger partial charge is 1.00 e. The molecule has 0 saturated carbocycles. The standard InChI is InChI=1S/C44H50O11.C16H24O6.2Cs.Os/c1-31-4-9-37-38-10-5-32(2)27-41(38)44(40(37)26-31,35-7-6-34(33(28-35)12-13-45)30-54-23-22-52-19-18-50-15-14-46)36-8-11-42(39(29-36)43(47)48)55-25-24-53-21-20-51-17-16-49-3;1-12-10-13(2)15(14(11-12)16(17)18)22-9-8-21-7-6-20-5-4-19-3;;;/h4-12,26-29,46H,14-25,30H2,1-3H3,(H,47,48);10-11H,4-9H2,1-3H3,(H,17,18);;;/q;;2*+1;/p-2. The molecule has 5 aromatic rings. The van der Waals surface area contributed by atoms with Gasteiger partial charge in [0.05, 0.1) is 129 Å². The minimum absolute atomic E-state index is 0. The van der Waals surface area contributed by atoms with Crippen LogP contribution in [0.15, 0.2) is 84.9 Å². The average Bonchev–Trinajstić information content (AvgIpc) is 3.51. The summed E-state index contributed by atoms with van der Waals surface area (Å²) >= 11 is 0. The Balaban J connectivity index is 0.000000740. The van der Waals surface area contributed by atoms with Crippen molar-refractivity contribution < 1.29 is 239 Å². The Morgan fingerprint density at radius 3 is 1.49 bits per heavy atom. The molecule has 1 aliphatic carbocycles. The number of aliphatic hydroxyl groups excluding tert-OH is 1. The van der Waals surface area contributed by atoms with Gasteiger partial charge in [-0.2, -0.15) is 0 Å². The van der Waals surface area contributed by atoms with Crippen LogP contribution < -0.4 is 157 Å². The smallest absolute Gasteiger partial charge is 0.545 e. The van der Waals surface area contributed by atoms with Gasteiger partial charge in [0, 0.05) is 56.3 Å². The first-order valence-corrected chi connectivity index (χ1v) is 25.5. The number of fused-ring (bicyclic) bond motifs is 3. The maximum atomic E-state index is 12.8. The van der Waals surface area contributed by atoms with Crippen molar-refractivity contribution in [1.29, 1.82) is 0 Å². The molecular formula is C60H72Cs2O17Os. The SMILES string of the molecule is COCCOCCOCCOc1c(C)cc(C)cc1C(=O)[O-].COCCOCCOCCOc1ccc(C2(c3ccc(COCCOCCOCCO)c([CH+][C-]=O)c3)c3cc(C)ccc3-c3ccc(C)cc32)cc1C(=O)[O-].[Cs+].[Cs+].[Os]. The number of aliphatic hydroxyl groups is 1. The Morgan fingerprint density at radius 1 is 0.525 bits per heavy atom. The van der Waals surface area contributed by atoms with Crippen molar-refractivity contribution >= 4 is 18.2 Å². The first-order valence-electron chi connectivity index (χ1n) is 25.5. The molecule has 0 bridgehead atoms. The molecule has 17 nitrogen and oxygen atoms in total. The van der Waals surface area contributed by atoms with Crippen molar-refractivity contribution in [2.24, 2.45) is 0 Å². The monoisotopic (exact) mass is 1520 g/mol. The number of methoxy groups -OCH3 is 2. The topological polar surface area (TPSA) is 219 Å². The first-order chi connectivity index (χ1) is 37.4. The molecule has 5 aromatic carbocycles. The molecule has 0 heterocycles. The summed E-state index contributed by atoms with van der Waals surface area (Å²) in [5, 5.41) is 32.7. The third-order valence-electron chi connectivity index (χ3n) is 12.3. The molecule has 0 aliphatic heterocycles. The van der Waals surface area contributed by atoms with Crippen LogP contribution in [0, 0.1) is 34.1 Å². The van der Waals surface area contributed by atoms with Gasteiger partial charge < -0.3 is 81.8 Å². The third-order valence-corrected chi connectivity index (χ3v) is 12.3. The molecule has 20 heteroatoms. The van der Waals surface area contributed by atoms with Crippen molar-refractivity contribution in [3.8, 4) is 22.6 Å². The zero-order valence-electron chi connectivity index (χ0n) is 47.4. The van der Waals surface area contributed by atoms with Gasteiger partial charge in [-0.15, -0.1) is 0 Å². The predicted octanol–water partition coefficient (Wildman–Crippen LogP) is -0.977. The van der Waals surface area contributed by atoms with Crippen molar-refractivity contribution in [2.75, 3.05) is 133 Å². The molecule has 1 N–H and O–H groups in total. The van der Waals surface area contributed by atoms with Gasteiger partial charge in [-0.3, -0.25) is 0 Å². The van der Waals surface area contributed by atoms with Crippen LogP contribution in [0.4, 0.5) is 0 Å². The fraction of sp³-hybridized carbons (Fsp3) is 0.433. The maximum absolute atomic E-state index is 12.8. The van der Waals surface area contributed by atoms with E-state index in [-0.39, 0.29) is 214 Å². The Morgan fingerprint density at radius 2 is 0.988 bits per heavy atom. The number of carboxylic acids is 2. The molecule has 0 fully saturated rings. The minimum Gasteiger partial charge on any atom is -0.545 e. The maximum Gasteiger partial charge on any atom is 1.00 e. The zero-order valence-corrected chi connectivity index (χ0v) is 62.5. The quantitative estimate of drug-likeness (QED) is 0.0370. The Kier molecular flexibility index (Phi) is 38.8. The van der Waals surface area contributed by atoms with E-state index in [4.69, 9.17) is 57.2 Å². The number of carbonyl (C=O) groups is 2. The Hall–Kier alpha value is -1.48. The van der Waals surface area contributed by atoms with Crippen LogP contribution in [0.25, 0.3) is 11.1 Å². The second-order valence-corrected chi connectivity index (χ2v) is 17.9. The number of aromatic carboxylic acids is 2. The number of ether oxygens (including phenoxy) is 11. The van der Waals surface area contributed by atoms with Crippen LogP contribution in [0.2, 0.25) is 0 Å². The summed E-state index contributed by atoms with van der Waals surface area (Å²) in [4.78, 5) is 35.8. The molecule has 6 rings (SSSR count). The molecule has 0 saturated heterocycles. The van der Waals surface area contributed by atoms with Crippen molar-refractivity contribution in [2.45, 2.75) is 39.7 Å². The normalized spacial score (nSPS) is 11.6. The van der Waals surface area contributed by atoms with E-state index in [0.29, 0.717) is 103 Å². The van der Waals surface area contributed by atoms with E-state index in [9.17, 15) is 24.6 Å². The van der Waals surface area contributed by atoms with E-state index < -0.39 is 17.4 Å². The van der Waals surface area contributed by atoms with E-state index in [1.807, 2.05) is 57.4 Å². The molecule has 0 amide bonds. The number of rotatable bonds is 36. The van der Waals surface area contributed by atoms with Gasteiger partial charge in [-0.1, -0.05) is 66.1 Å². The molecule has 0 atom stereocenters. The third kappa shape index (κ3) is 22.7. The van der Waals surface area contributed by atoms with Gasteiger partial charge in [-0.05, 0) is 109 Å². The molecule has 0 spiro atoms. The van der Waals surface area contributed by atoms with Gasteiger partial charge >= 0.3 is 138 Å². The van der Waals surface area contributed by atoms with Gasteiger partial charge in [0.15, 0.2) is 0 Å². The van der Waals surface area contributed by atoms with Crippen molar-refractivity contribution in [1.82, 2.24) is 0 Å². The van der Waals surface area contributed by atoms with Gasteiger partial charge in [0.25, 0.3) is 0 Å². The van der Waals surface area contributed by atoms with Crippen molar-refractivity contribution in [3.05, 3.63) is 158 Å². The zero-order chi connectivity index (χ0) is 55.4. The van der Waals surface area contributed by atoms with Gasteiger partial charge in [0.1, 0.15) is 31.3 Å². The fourth-order valence-electron chi connectivity index (χ4n) is 8.87. The summed E-state index contributed by atoms with van der Waals surface area (Å²) in [6.07, 6.45) is 3.34. The number of hydrogen-bond donors (Lipinski definition) is 1. The van der Waals surface area contributed by atoms with E-state index in [0.717, 1.165) is 55.6 Å². The summed E-state index contributed by atoms with van der Waals surface area (Å²) in [6.45, 7) is 14.4. The summed E-state index contributed by atoms with van der Waals surface area (Å²) in [7, 11) is 3.23. The van der Waals surface area contributed by atoms with Crippen LogP contribution in [0.1, 0.15) is 76.4 Å². The minimum atomic E-state index is -1.37. The summed E-state index contributed by atoms with van der Waals surface area (Å²) < 4.78 is 59.6. The predicted molar refractivity (Wildman–Crippen MR) is 283 cm³/mol. The molecule has 80 heavy (non-hydrogen) atoms. The van der Waals surface area contributed by atoms with Crippen LogP contribution >= 0.6 is 0 Å². The Labute approximate surface area is 602 Å². The average molecular weight is 1520 g/mol. The van der Waals surface area contributed by atoms with E-state index in [1.165, 1.54) is 6.42 Å². The summed E-state index contributed by atoms with van der Waals surface area (Å²) in [5.41, 5.74) is 9.67. The van der Waals surface area contributed by atoms with Gasteiger partial charge in [-0.25, -0.2) is 0 Å². The molecule has 0 unspecified atom stereocenters. The van der Waals surface area contributed by atoms with Gasteiger partial charge in [0.2, 0.25) is 0 Å². The van der Waals surface area contributed by atoms with Crippen molar-refractivity contribution in [3.63, 3.8) is 0 Å². The molecule has 1 aliphatic rings. The van der Waals surface area contributed by atoms with Crippen LogP contribution in [-0.2, 0) is 79.2 Å². The van der Waals surface area contributed by atoms with E-state index in [2.05, 4.69) is 36.4 Å². The molecule has 424 valence electrons. The van der Waals surface area contributed by atoms with E-state index >= 15 is 0 Å². The molecule has 0 aromatic heterocycles. The number of hydrogen-bond acceptors (Lipinski definition) is 17. The number of aryl methyl sites for hydroxylation is 4. The number of carboxylic acid groups (broad SMARTS) is 2. The molecule has 0 radical (unpaired) electrons. The first kappa shape index (κ1) is 74.6. The van der Waals surface area contributed by atoms with Crippen LogP contribution in [0.5, 0.6) is 11.5 Å². The number of carbonyl (C=O) groups excluding carboxylic acids is 3. The van der Waals surface area contributed by atoms with Crippen LogP contribution in [-0.4, -0.2) is 156 Å². The second kappa shape index (κ2) is 41.5. The van der Waals surface area contributed by atoms with E-state index in [1.54, 1.807) is 39.3 Å².